The van der Waals surface area contributed by atoms with E-state index in [1.54, 1.807) is 0 Å². The Morgan fingerprint density at radius 3 is 0.907 bits per heavy atom. The number of aliphatic hydroxyl groups excluding tert-OH is 16. The second-order valence-electron chi connectivity index (χ2n) is 25.2. The molecule has 25 nitrogen and oxygen atoms in total. The fourth-order valence-corrected chi connectivity index (χ4v) is 16.3. The van der Waals surface area contributed by atoms with Gasteiger partial charge in [0.25, 0.3) is 0 Å². The largest absolute Gasteiger partial charge is 0.462 e. The van der Waals surface area contributed by atoms with Gasteiger partial charge < -0.3 is 115 Å². The molecule has 3 aromatic heterocycles. The Morgan fingerprint density at radius 2 is 0.602 bits per heavy atom. The number of thioether (sulfide) groups is 3. The number of hydrogen-bond acceptors (Lipinski definition) is 26. The first-order valence-electron chi connectivity index (χ1n) is 32.1. The van der Waals surface area contributed by atoms with E-state index in [9.17, 15) is 81.7 Å². The Labute approximate surface area is 609 Å². The molecule has 20 unspecified atom stereocenters. The monoisotopic (exact) mass is 1590 g/mol. The van der Waals surface area contributed by atoms with Crippen LogP contribution in [0.2, 0.25) is 0 Å². The van der Waals surface area contributed by atoms with Gasteiger partial charge >= 0.3 is 0 Å². The second kappa shape index (κ2) is 31.1. The summed E-state index contributed by atoms with van der Waals surface area (Å²) in [5.41, 5.74) is -20.7. The van der Waals surface area contributed by atoms with Crippen LogP contribution in [0.3, 0.4) is 0 Å². The molecular weight excluding hydrogens is 1530 g/mol. The molecule has 6 aliphatic heterocycles. The van der Waals surface area contributed by atoms with Crippen molar-refractivity contribution in [2.24, 2.45) is 0 Å². The van der Waals surface area contributed by atoms with Crippen LogP contribution in [0.5, 0.6) is 5.75 Å². The quantitative estimate of drug-likeness (QED) is 0.0482. The van der Waals surface area contributed by atoms with Gasteiger partial charge in [0.05, 0.1) is 80.6 Å². The zero-order valence-electron chi connectivity index (χ0n) is 54.2. The summed E-state index contributed by atoms with van der Waals surface area (Å²) in [6.07, 6.45) is -30.4. The molecule has 7 aromatic rings. The van der Waals surface area contributed by atoms with E-state index in [0.29, 0.717) is 0 Å². The smallest absolute Gasteiger partial charge is 0.229 e. The van der Waals surface area contributed by atoms with Gasteiger partial charge in [0.1, 0.15) is 120 Å². The summed E-state index contributed by atoms with van der Waals surface area (Å²) in [7, 11) is 0. The summed E-state index contributed by atoms with van der Waals surface area (Å²) in [6, 6.07) is 8.68. The van der Waals surface area contributed by atoms with Gasteiger partial charge in [-0.2, -0.15) is 0 Å². The molecule has 0 amide bonds. The first kappa shape index (κ1) is 78.8. The molecule has 0 spiro atoms. The Morgan fingerprint density at radius 1 is 0.324 bits per heavy atom. The predicted octanol–water partition coefficient (Wildman–Crippen LogP) is 3.85. The van der Waals surface area contributed by atoms with E-state index < -0.39 is 304 Å². The number of fused-ring (bicyclic) bond motifs is 8. The van der Waals surface area contributed by atoms with Crippen molar-refractivity contribution < 1.29 is 158 Å². The summed E-state index contributed by atoms with van der Waals surface area (Å²) in [5.74, 6) is -27.9. The van der Waals surface area contributed by atoms with Crippen molar-refractivity contribution in [1.82, 2.24) is 19.9 Å². The molecule has 0 saturated carbocycles. The van der Waals surface area contributed by atoms with Crippen molar-refractivity contribution >= 4 is 81.7 Å². The average molecular weight is 1590 g/mol. The van der Waals surface area contributed by atoms with Gasteiger partial charge in [0, 0.05) is 44.3 Å². The zero-order chi connectivity index (χ0) is 77.8. The first-order chi connectivity index (χ1) is 51.3. The number of nitrogens with zero attached hydrogens (tertiary/aromatic N) is 2. The molecule has 18 N–H and O–H groups in total. The number of hydrogen-bond donors (Lipinski definition) is 18. The topological polar surface area (TPSA) is 427 Å². The van der Waals surface area contributed by atoms with Crippen LogP contribution in [0.25, 0.3) is 90.9 Å². The number of halogens is 12. The van der Waals surface area contributed by atoms with Crippen LogP contribution in [0, 0.1) is 69.8 Å². The van der Waals surface area contributed by atoms with Crippen molar-refractivity contribution in [1.29, 1.82) is 0 Å². The van der Waals surface area contributed by atoms with Crippen LogP contribution in [-0.4, -0.2) is 248 Å². The molecule has 4 saturated heterocycles. The molecule has 4 fully saturated rings. The number of aliphatic hydroxyl groups is 16. The summed E-state index contributed by atoms with van der Waals surface area (Å²) < 4.78 is 235. The maximum atomic E-state index is 17.6. The Hall–Kier alpha value is -7.31. The number of ether oxygens (including phenoxy) is 5. The molecular formula is C68H58F12N4O21S3. The highest BCUT2D eigenvalue weighted by Gasteiger charge is 2.50. The number of rotatable bonds is 16. The third-order valence-electron chi connectivity index (χ3n) is 18.6. The highest BCUT2D eigenvalue weighted by atomic mass is 32.2. The molecule has 40 heteroatoms. The number of nitrogens with one attached hydrogen (secondary N) is 2. The van der Waals surface area contributed by atoms with Crippen LogP contribution >= 0.6 is 35.3 Å². The van der Waals surface area contributed by atoms with E-state index in [-0.39, 0.29) is 57.7 Å². The maximum absolute atomic E-state index is 17.6. The van der Waals surface area contributed by atoms with Gasteiger partial charge in [-0.25, -0.2) is 62.7 Å². The summed E-state index contributed by atoms with van der Waals surface area (Å²) in [4.78, 5) is 9.53. The Balaban J connectivity index is 1.11. The van der Waals surface area contributed by atoms with E-state index in [1.165, 1.54) is 24.3 Å². The van der Waals surface area contributed by atoms with Crippen LogP contribution < -0.4 is 4.74 Å². The van der Waals surface area contributed by atoms with Crippen LogP contribution in [0.4, 0.5) is 52.7 Å². The Bertz CT molecular complexity index is 4740. The summed E-state index contributed by atoms with van der Waals surface area (Å²) in [6.45, 7) is -4.13. The lowest BCUT2D eigenvalue weighted by molar-refractivity contribution is -0.277. The normalized spacial score (nSPS) is 29.3. The van der Waals surface area contributed by atoms with Crippen LogP contribution in [0.1, 0.15) is 22.8 Å². The van der Waals surface area contributed by atoms with Gasteiger partial charge in [-0.3, -0.25) is 0 Å². The zero-order valence-corrected chi connectivity index (χ0v) is 56.6. The minimum atomic E-state index is -2.39. The predicted molar refractivity (Wildman–Crippen MR) is 353 cm³/mol. The molecule has 4 aromatic carbocycles. The molecule has 0 aliphatic carbocycles. The van der Waals surface area contributed by atoms with Crippen molar-refractivity contribution in [3.8, 4) is 50.3 Å². The van der Waals surface area contributed by atoms with Gasteiger partial charge in [0.2, 0.25) is 6.29 Å². The van der Waals surface area contributed by atoms with Gasteiger partial charge in [-0.15, -0.1) is 0 Å². The number of aromatic amines is 2. The highest BCUT2D eigenvalue weighted by Crippen LogP contribution is 2.49. The molecule has 578 valence electrons. The molecule has 108 heavy (non-hydrogen) atoms. The molecule has 6 aliphatic rings. The van der Waals surface area contributed by atoms with Crippen molar-refractivity contribution in [3.05, 3.63) is 141 Å². The average Bonchev–Trinajstić information content (AvgIpc) is 1.40. The van der Waals surface area contributed by atoms with Gasteiger partial charge in [0.15, 0.2) is 69.8 Å². The summed E-state index contributed by atoms with van der Waals surface area (Å²) >= 11 is -0.816. The molecule has 9 heterocycles. The SMILES string of the molecule is OCC1OC(Oc2cccc(-c3c4nc(c(-c5c(F)c(F)c(SC6OC(CO)C(O)C(O)C6O)c(F)c5F)c5ccc([nH]5)c(-c5c(F)c(F)c(SC6OC(CO)C(O)C(O)C6O)c(F)c5F)c5nc(c(-c6c(F)c(F)c(SC7OC(CO)C(O)C(O)C7O)c(F)c6F)c6ccc3[nH]6)C=C5)C=C4)c2)C(O)C(O)C1O. The maximum Gasteiger partial charge on any atom is 0.229 e. The lowest BCUT2D eigenvalue weighted by atomic mass is 9.99. The lowest BCUT2D eigenvalue weighted by Gasteiger charge is -2.39. The Kier molecular flexibility index (Phi) is 22.7. The van der Waals surface area contributed by atoms with Crippen molar-refractivity contribution in [3.63, 3.8) is 0 Å². The number of H-pyrrole nitrogens is 2. The standard InChI is InChI=1S/C68H58F12N4O21S3/c69-38-35(39(70)45(76)62(44(38)75)106-66-59(98)55(94)51(90)28(14-86)103-66)32-21-6-4-19(81-21)31(17-2-1-3-18(12-17)101-65-58(97)54(93)50(89)27(13-85)102-65)20-5-7-22(82-20)33(36-40(71)46(77)63(47(78)41(36)72)107-67-60(99)56(95)52(91)29(15-87)104-67)24-9-11-26(84-24)34(25-10-8-23(32)83-25)37-42(73)48(79)64(49(80)43(37)74)108-68-61(100)57(96)53(92)30(16-88)105-68/h1-12,27-30,50-61,65-68,81,84-100H,13-16H2. The van der Waals surface area contributed by atoms with E-state index in [0.717, 1.165) is 48.6 Å². The van der Waals surface area contributed by atoms with E-state index in [4.69, 9.17) is 23.7 Å². The molecule has 8 bridgehead atoms. The number of benzene rings is 4. The van der Waals surface area contributed by atoms with Crippen molar-refractivity contribution in [2.75, 3.05) is 26.4 Å². The highest BCUT2D eigenvalue weighted by molar-refractivity contribution is 8.00. The minimum Gasteiger partial charge on any atom is -0.462 e. The number of aromatic nitrogens is 4. The first-order valence-corrected chi connectivity index (χ1v) is 34.7. The minimum absolute atomic E-state index is 0.108. The van der Waals surface area contributed by atoms with Gasteiger partial charge in [-0.05, 0) is 66.3 Å². The van der Waals surface area contributed by atoms with E-state index in [2.05, 4.69) is 19.9 Å². The molecule has 0 radical (unpaired) electrons. The van der Waals surface area contributed by atoms with Gasteiger partial charge in [-0.1, -0.05) is 47.4 Å². The lowest BCUT2D eigenvalue weighted by Crippen LogP contribution is -2.60. The van der Waals surface area contributed by atoms with Crippen LogP contribution in [0.15, 0.2) is 63.2 Å². The van der Waals surface area contributed by atoms with E-state index in [1.807, 2.05) is 0 Å². The fraction of sp³-hybridized carbons (Fsp3) is 0.353. The third kappa shape index (κ3) is 13.6. The molecule has 13 rings (SSSR count). The van der Waals surface area contributed by atoms with E-state index >= 15 is 52.7 Å². The molecule has 20 atom stereocenters. The summed E-state index contributed by atoms with van der Waals surface area (Å²) in [5, 5.41) is 167. The van der Waals surface area contributed by atoms with Crippen LogP contribution in [-0.2, 0) is 18.9 Å². The second-order valence-corrected chi connectivity index (χ2v) is 28.5. The van der Waals surface area contributed by atoms with Crippen molar-refractivity contribution in [2.45, 2.75) is 135 Å². The fourth-order valence-electron chi connectivity index (χ4n) is 13.0. The third-order valence-corrected chi connectivity index (χ3v) is 22.3.